The number of aromatic nitrogens is 1. The average molecular weight is 312 g/mol. The lowest BCUT2D eigenvalue weighted by atomic mass is 10.2. The lowest BCUT2D eigenvalue weighted by molar-refractivity contribution is 0.0679. The zero-order valence-corrected chi connectivity index (χ0v) is 12.9. The van der Waals surface area contributed by atoms with Gasteiger partial charge in [0.25, 0.3) is 5.91 Å². The highest BCUT2D eigenvalue weighted by Crippen LogP contribution is 2.17. The molecule has 1 N–H and O–H groups in total. The fourth-order valence-electron chi connectivity index (χ4n) is 2.48. The molecule has 0 bridgehead atoms. The summed E-state index contributed by atoms with van der Waals surface area (Å²) in [4.78, 5) is 16.2. The van der Waals surface area contributed by atoms with Crippen LogP contribution in [0.5, 0.6) is 5.75 Å². The van der Waals surface area contributed by atoms with E-state index < -0.39 is 0 Å². The second-order valence-electron chi connectivity index (χ2n) is 5.51. The van der Waals surface area contributed by atoms with Crippen molar-refractivity contribution in [2.75, 3.05) is 13.2 Å². The van der Waals surface area contributed by atoms with Gasteiger partial charge in [-0.3, -0.25) is 9.78 Å². The van der Waals surface area contributed by atoms with Gasteiger partial charge in [-0.15, -0.1) is 0 Å². The maximum atomic E-state index is 12.2. The molecule has 3 rings (SSSR count). The second-order valence-corrected chi connectivity index (χ2v) is 5.51. The summed E-state index contributed by atoms with van der Waals surface area (Å²) < 4.78 is 11.3. The number of hydrogen-bond acceptors (Lipinski definition) is 4. The molecule has 23 heavy (non-hydrogen) atoms. The lowest BCUT2D eigenvalue weighted by Crippen LogP contribution is -2.23. The van der Waals surface area contributed by atoms with E-state index in [-0.39, 0.29) is 12.0 Å². The van der Waals surface area contributed by atoms with Crippen molar-refractivity contribution in [3.05, 3.63) is 59.9 Å². The van der Waals surface area contributed by atoms with E-state index in [1.807, 2.05) is 24.3 Å². The summed E-state index contributed by atoms with van der Waals surface area (Å²) in [5, 5.41) is 2.89. The van der Waals surface area contributed by atoms with Crippen molar-refractivity contribution in [2.45, 2.75) is 25.5 Å². The molecule has 5 nitrogen and oxygen atoms in total. The highest BCUT2D eigenvalue weighted by atomic mass is 16.5. The SMILES string of the molecule is O=C(NCc1ccncc1)c1cccc(OCC2CCCO2)c1. The first kappa shape index (κ1) is 15.5. The smallest absolute Gasteiger partial charge is 0.251 e. The normalized spacial score (nSPS) is 17.0. The number of hydrogen-bond donors (Lipinski definition) is 1. The molecule has 2 heterocycles. The molecule has 2 aromatic rings. The molecule has 0 spiro atoms. The Labute approximate surface area is 135 Å². The van der Waals surface area contributed by atoms with Crippen LogP contribution in [0.25, 0.3) is 0 Å². The monoisotopic (exact) mass is 312 g/mol. The zero-order chi connectivity index (χ0) is 15.9. The van der Waals surface area contributed by atoms with E-state index in [0.29, 0.717) is 24.5 Å². The third-order valence-corrected chi connectivity index (χ3v) is 3.76. The maximum Gasteiger partial charge on any atom is 0.251 e. The first-order valence-corrected chi connectivity index (χ1v) is 7.83. The molecule has 1 atom stereocenters. The number of pyridine rings is 1. The third kappa shape index (κ3) is 4.53. The number of nitrogens with one attached hydrogen (secondary N) is 1. The maximum absolute atomic E-state index is 12.2. The average Bonchev–Trinajstić information content (AvgIpc) is 3.12. The fraction of sp³-hybridized carbons (Fsp3) is 0.333. The fourth-order valence-corrected chi connectivity index (χ4v) is 2.48. The van der Waals surface area contributed by atoms with Gasteiger partial charge < -0.3 is 14.8 Å². The molecule has 1 aliphatic rings. The van der Waals surface area contributed by atoms with Crippen LogP contribution in [0.15, 0.2) is 48.8 Å². The van der Waals surface area contributed by atoms with Gasteiger partial charge in [-0.25, -0.2) is 0 Å². The second kappa shape index (κ2) is 7.74. The van der Waals surface area contributed by atoms with Crippen molar-refractivity contribution in [3.63, 3.8) is 0 Å². The van der Waals surface area contributed by atoms with Gasteiger partial charge in [-0.05, 0) is 48.7 Å². The summed E-state index contributed by atoms with van der Waals surface area (Å²) in [6, 6.07) is 11.0. The summed E-state index contributed by atoms with van der Waals surface area (Å²) in [5.74, 6) is 0.571. The first-order chi connectivity index (χ1) is 11.3. The van der Waals surface area contributed by atoms with Crippen LogP contribution in [0.3, 0.4) is 0 Å². The summed E-state index contributed by atoms with van der Waals surface area (Å²) in [5.41, 5.74) is 1.60. The van der Waals surface area contributed by atoms with Gasteiger partial charge in [0.05, 0.1) is 6.10 Å². The van der Waals surface area contributed by atoms with Crippen molar-refractivity contribution in [1.82, 2.24) is 10.3 Å². The first-order valence-electron chi connectivity index (χ1n) is 7.83. The van der Waals surface area contributed by atoms with Crippen molar-refractivity contribution in [3.8, 4) is 5.75 Å². The minimum Gasteiger partial charge on any atom is -0.491 e. The molecule has 1 amide bonds. The van der Waals surface area contributed by atoms with Crippen molar-refractivity contribution in [2.24, 2.45) is 0 Å². The molecule has 1 aliphatic heterocycles. The Kier molecular flexibility index (Phi) is 5.21. The summed E-state index contributed by atoms with van der Waals surface area (Å²) in [7, 11) is 0. The number of benzene rings is 1. The molecular weight excluding hydrogens is 292 g/mol. The topological polar surface area (TPSA) is 60.5 Å². The third-order valence-electron chi connectivity index (χ3n) is 3.76. The van der Waals surface area contributed by atoms with Crippen LogP contribution in [-0.4, -0.2) is 30.2 Å². The highest BCUT2D eigenvalue weighted by molar-refractivity contribution is 5.94. The Morgan fingerprint density at radius 2 is 2.17 bits per heavy atom. The predicted molar refractivity (Wildman–Crippen MR) is 86.3 cm³/mol. The van der Waals surface area contributed by atoms with Crippen molar-refractivity contribution in [1.29, 1.82) is 0 Å². The number of carbonyl (C=O) groups excluding carboxylic acids is 1. The van der Waals surface area contributed by atoms with E-state index in [2.05, 4.69) is 10.3 Å². The number of nitrogens with zero attached hydrogens (tertiary/aromatic N) is 1. The van der Waals surface area contributed by atoms with Gasteiger partial charge in [0.1, 0.15) is 12.4 Å². The number of rotatable bonds is 6. The highest BCUT2D eigenvalue weighted by Gasteiger charge is 2.16. The Bertz CT molecular complexity index is 640. The quantitative estimate of drug-likeness (QED) is 0.890. The van der Waals surface area contributed by atoms with Gasteiger partial charge in [0, 0.05) is 31.1 Å². The van der Waals surface area contributed by atoms with Crippen LogP contribution in [-0.2, 0) is 11.3 Å². The van der Waals surface area contributed by atoms with Gasteiger partial charge >= 0.3 is 0 Å². The minimum atomic E-state index is -0.121. The lowest BCUT2D eigenvalue weighted by Gasteiger charge is -2.12. The Balaban J connectivity index is 1.54. The summed E-state index contributed by atoms with van der Waals surface area (Å²) in [6.07, 6.45) is 5.71. The van der Waals surface area contributed by atoms with Crippen LogP contribution in [0, 0.1) is 0 Å². The van der Waals surface area contributed by atoms with E-state index in [1.165, 1.54) is 0 Å². The number of carbonyl (C=O) groups is 1. The van der Waals surface area contributed by atoms with E-state index in [4.69, 9.17) is 9.47 Å². The zero-order valence-electron chi connectivity index (χ0n) is 12.9. The Morgan fingerprint density at radius 3 is 2.96 bits per heavy atom. The molecule has 5 heteroatoms. The van der Waals surface area contributed by atoms with Gasteiger partial charge in [-0.1, -0.05) is 6.07 Å². The number of amides is 1. The molecule has 1 aromatic heterocycles. The Morgan fingerprint density at radius 1 is 1.30 bits per heavy atom. The summed E-state index contributed by atoms with van der Waals surface area (Å²) >= 11 is 0. The minimum absolute atomic E-state index is 0.121. The molecule has 0 saturated carbocycles. The van der Waals surface area contributed by atoms with Gasteiger partial charge in [0.2, 0.25) is 0 Å². The molecular formula is C18H20N2O3. The largest absolute Gasteiger partial charge is 0.491 e. The van der Waals surface area contributed by atoms with Gasteiger partial charge in [-0.2, -0.15) is 0 Å². The van der Waals surface area contributed by atoms with E-state index in [0.717, 1.165) is 25.0 Å². The summed E-state index contributed by atoms with van der Waals surface area (Å²) in [6.45, 7) is 1.82. The number of ether oxygens (including phenoxy) is 2. The van der Waals surface area contributed by atoms with Crippen molar-refractivity contribution >= 4 is 5.91 Å². The molecule has 1 fully saturated rings. The van der Waals surface area contributed by atoms with E-state index >= 15 is 0 Å². The van der Waals surface area contributed by atoms with E-state index in [9.17, 15) is 4.79 Å². The van der Waals surface area contributed by atoms with Crippen molar-refractivity contribution < 1.29 is 14.3 Å². The van der Waals surface area contributed by atoms with Gasteiger partial charge in [0.15, 0.2) is 0 Å². The van der Waals surface area contributed by atoms with Crippen LogP contribution in [0.4, 0.5) is 0 Å². The van der Waals surface area contributed by atoms with Crippen LogP contribution >= 0.6 is 0 Å². The predicted octanol–water partition coefficient (Wildman–Crippen LogP) is 2.57. The standard InChI is InChI=1S/C18H20N2O3/c21-18(20-12-14-6-8-19-9-7-14)15-3-1-4-16(11-15)23-13-17-5-2-10-22-17/h1,3-4,6-9,11,17H,2,5,10,12-13H2,(H,20,21). The molecule has 1 saturated heterocycles. The van der Waals surface area contributed by atoms with Crippen LogP contribution in [0.1, 0.15) is 28.8 Å². The molecule has 1 unspecified atom stereocenters. The molecule has 0 radical (unpaired) electrons. The molecule has 0 aliphatic carbocycles. The van der Waals surface area contributed by atoms with Crippen LogP contribution < -0.4 is 10.1 Å². The van der Waals surface area contributed by atoms with Crippen LogP contribution in [0.2, 0.25) is 0 Å². The molecule has 1 aromatic carbocycles. The molecule has 120 valence electrons. The Hall–Kier alpha value is -2.40. The van der Waals surface area contributed by atoms with E-state index in [1.54, 1.807) is 24.5 Å².